The van der Waals surface area contributed by atoms with Crippen LogP contribution in [0.15, 0.2) is 36.4 Å². The van der Waals surface area contributed by atoms with E-state index in [1.165, 1.54) is 18.4 Å². The van der Waals surface area contributed by atoms with E-state index in [4.69, 9.17) is 0 Å². The molecule has 2 aromatic rings. The average Bonchev–Trinajstić information content (AvgIpc) is 3.26. The van der Waals surface area contributed by atoms with Crippen molar-refractivity contribution >= 4 is 10.8 Å². The van der Waals surface area contributed by atoms with Crippen molar-refractivity contribution in [2.45, 2.75) is 25.8 Å². The summed E-state index contributed by atoms with van der Waals surface area (Å²) in [7, 11) is 2.00. The van der Waals surface area contributed by atoms with Gasteiger partial charge in [-0.25, -0.2) is 4.39 Å². The van der Waals surface area contributed by atoms with Crippen LogP contribution < -0.4 is 5.32 Å². The van der Waals surface area contributed by atoms with E-state index in [-0.39, 0.29) is 5.82 Å². The maximum atomic E-state index is 13.9. The van der Waals surface area contributed by atoms with Gasteiger partial charge in [-0.1, -0.05) is 37.3 Å². The normalized spacial score (nSPS) is 18.5. The molecule has 0 amide bonds. The first-order valence-corrected chi connectivity index (χ1v) is 7.06. The summed E-state index contributed by atoms with van der Waals surface area (Å²) in [5, 5.41) is 5.19. The second-order valence-corrected chi connectivity index (χ2v) is 5.65. The Morgan fingerprint density at radius 2 is 1.79 bits per heavy atom. The average molecular weight is 257 g/mol. The maximum Gasteiger partial charge on any atom is 0.131 e. The quantitative estimate of drug-likeness (QED) is 0.861. The second-order valence-electron chi connectivity index (χ2n) is 5.65. The molecule has 100 valence electrons. The van der Waals surface area contributed by atoms with E-state index in [0.717, 1.165) is 16.7 Å². The molecule has 0 bridgehead atoms. The van der Waals surface area contributed by atoms with Gasteiger partial charge in [0, 0.05) is 11.4 Å². The Morgan fingerprint density at radius 3 is 2.42 bits per heavy atom. The summed E-state index contributed by atoms with van der Waals surface area (Å²) < 4.78 is 13.9. The molecule has 2 aromatic carbocycles. The molecule has 1 aliphatic rings. The molecule has 2 unspecified atom stereocenters. The molecule has 0 spiro atoms. The zero-order valence-electron chi connectivity index (χ0n) is 11.5. The number of halogens is 1. The third kappa shape index (κ3) is 2.25. The summed E-state index contributed by atoms with van der Waals surface area (Å²) in [6.07, 6.45) is 2.66. The van der Waals surface area contributed by atoms with Gasteiger partial charge in [0.1, 0.15) is 5.82 Å². The Labute approximate surface area is 113 Å². The van der Waals surface area contributed by atoms with E-state index in [2.05, 4.69) is 12.2 Å². The van der Waals surface area contributed by atoms with Gasteiger partial charge < -0.3 is 5.32 Å². The van der Waals surface area contributed by atoms with Crippen LogP contribution in [0.2, 0.25) is 0 Å². The van der Waals surface area contributed by atoms with Crippen molar-refractivity contribution in [1.29, 1.82) is 0 Å². The topological polar surface area (TPSA) is 12.0 Å². The van der Waals surface area contributed by atoms with E-state index in [1.807, 2.05) is 37.4 Å². The molecule has 3 rings (SSSR count). The van der Waals surface area contributed by atoms with Gasteiger partial charge in [-0.05, 0) is 48.7 Å². The lowest BCUT2D eigenvalue weighted by molar-refractivity contribution is 0.371. The number of hydrogen-bond donors (Lipinski definition) is 1. The SMILES string of the molecule is CNC(c1ccc(F)c2ccccc12)C(C)C1CC1. The van der Waals surface area contributed by atoms with Gasteiger partial charge in [0.25, 0.3) is 0 Å². The maximum absolute atomic E-state index is 13.9. The third-order valence-electron chi connectivity index (χ3n) is 4.44. The standard InChI is InChI=1S/C17H20FN/c1-11(12-7-8-12)17(19-2)15-9-10-16(18)14-6-4-3-5-13(14)15/h3-6,9-12,17,19H,7-8H2,1-2H3. The Bertz CT molecular complexity index is 589. The molecule has 0 saturated heterocycles. The predicted molar refractivity (Wildman–Crippen MR) is 77.6 cm³/mol. The molecule has 0 aliphatic heterocycles. The van der Waals surface area contributed by atoms with Crippen LogP contribution in [-0.4, -0.2) is 7.05 Å². The zero-order valence-corrected chi connectivity index (χ0v) is 11.5. The van der Waals surface area contributed by atoms with Crippen LogP contribution in [0.5, 0.6) is 0 Å². The fraction of sp³-hybridized carbons (Fsp3) is 0.412. The van der Waals surface area contributed by atoms with Crippen molar-refractivity contribution < 1.29 is 4.39 Å². The van der Waals surface area contributed by atoms with Crippen LogP contribution in [0, 0.1) is 17.7 Å². The van der Waals surface area contributed by atoms with Gasteiger partial charge in [-0.3, -0.25) is 0 Å². The van der Waals surface area contributed by atoms with E-state index in [9.17, 15) is 4.39 Å². The molecule has 1 nitrogen and oxygen atoms in total. The monoisotopic (exact) mass is 257 g/mol. The fourth-order valence-electron chi connectivity index (χ4n) is 3.15. The summed E-state index contributed by atoms with van der Waals surface area (Å²) >= 11 is 0. The van der Waals surface area contributed by atoms with Crippen molar-refractivity contribution in [2.75, 3.05) is 7.05 Å². The van der Waals surface area contributed by atoms with Crippen molar-refractivity contribution in [3.63, 3.8) is 0 Å². The van der Waals surface area contributed by atoms with Gasteiger partial charge in [0.2, 0.25) is 0 Å². The van der Waals surface area contributed by atoms with Crippen LogP contribution in [0.3, 0.4) is 0 Å². The highest BCUT2D eigenvalue weighted by Gasteiger charge is 2.33. The molecule has 1 saturated carbocycles. The van der Waals surface area contributed by atoms with Gasteiger partial charge in [0.05, 0.1) is 0 Å². The highest BCUT2D eigenvalue weighted by Crippen LogP contribution is 2.43. The molecule has 0 radical (unpaired) electrons. The smallest absolute Gasteiger partial charge is 0.131 e. The fourth-order valence-corrected chi connectivity index (χ4v) is 3.15. The van der Waals surface area contributed by atoms with Crippen LogP contribution in [-0.2, 0) is 0 Å². The lowest BCUT2D eigenvalue weighted by Crippen LogP contribution is -2.25. The van der Waals surface area contributed by atoms with E-state index >= 15 is 0 Å². The summed E-state index contributed by atoms with van der Waals surface area (Å²) in [5.74, 6) is 1.29. The summed E-state index contributed by atoms with van der Waals surface area (Å²) in [6, 6.07) is 11.6. The number of nitrogens with one attached hydrogen (secondary N) is 1. The third-order valence-corrected chi connectivity index (χ3v) is 4.44. The number of hydrogen-bond acceptors (Lipinski definition) is 1. The van der Waals surface area contributed by atoms with Crippen LogP contribution in [0.1, 0.15) is 31.4 Å². The molecule has 2 heteroatoms. The Morgan fingerprint density at radius 1 is 1.11 bits per heavy atom. The summed E-state index contributed by atoms with van der Waals surface area (Å²) in [5.41, 5.74) is 1.22. The lowest BCUT2D eigenvalue weighted by Gasteiger charge is -2.25. The Hall–Kier alpha value is -1.41. The highest BCUT2D eigenvalue weighted by molar-refractivity contribution is 5.86. The Kier molecular flexibility index (Phi) is 3.28. The molecule has 0 heterocycles. The molecular formula is C17H20FN. The summed E-state index contributed by atoms with van der Waals surface area (Å²) in [6.45, 7) is 2.30. The minimum atomic E-state index is -0.131. The largest absolute Gasteiger partial charge is 0.313 e. The summed E-state index contributed by atoms with van der Waals surface area (Å²) in [4.78, 5) is 0. The van der Waals surface area contributed by atoms with Crippen LogP contribution in [0.4, 0.5) is 4.39 Å². The number of benzene rings is 2. The first-order chi connectivity index (χ1) is 9.22. The number of rotatable bonds is 4. The van der Waals surface area contributed by atoms with E-state index in [0.29, 0.717) is 12.0 Å². The lowest BCUT2D eigenvalue weighted by atomic mass is 9.88. The molecule has 19 heavy (non-hydrogen) atoms. The molecule has 2 atom stereocenters. The van der Waals surface area contributed by atoms with E-state index < -0.39 is 0 Å². The van der Waals surface area contributed by atoms with Gasteiger partial charge in [-0.15, -0.1) is 0 Å². The van der Waals surface area contributed by atoms with Gasteiger partial charge in [-0.2, -0.15) is 0 Å². The molecular weight excluding hydrogens is 237 g/mol. The van der Waals surface area contributed by atoms with Crippen molar-refractivity contribution in [3.05, 3.63) is 47.8 Å². The van der Waals surface area contributed by atoms with Crippen molar-refractivity contribution in [3.8, 4) is 0 Å². The molecule has 1 aliphatic carbocycles. The van der Waals surface area contributed by atoms with Gasteiger partial charge >= 0.3 is 0 Å². The first kappa shape index (κ1) is 12.6. The highest BCUT2D eigenvalue weighted by atomic mass is 19.1. The molecule has 1 fully saturated rings. The molecule has 0 aromatic heterocycles. The van der Waals surface area contributed by atoms with Crippen molar-refractivity contribution in [1.82, 2.24) is 5.32 Å². The Balaban J connectivity index is 2.10. The minimum Gasteiger partial charge on any atom is -0.313 e. The zero-order chi connectivity index (χ0) is 13.4. The van der Waals surface area contributed by atoms with Crippen LogP contribution in [0.25, 0.3) is 10.8 Å². The van der Waals surface area contributed by atoms with E-state index in [1.54, 1.807) is 6.07 Å². The van der Waals surface area contributed by atoms with Gasteiger partial charge in [0.15, 0.2) is 0 Å². The first-order valence-electron chi connectivity index (χ1n) is 7.06. The number of fused-ring (bicyclic) bond motifs is 1. The van der Waals surface area contributed by atoms with Crippen LogP contribution >= 0.6 is 0 Å². The second kappa shape index (κ2) is 4.93. The predicted octanol–water partition coefficient (Wildman–Crippen LogP) is 4.29. The van der Waals surface area contributed by atoms with Crippen molar-refractivity contribution in [2.24, 2.45) is 11.8 Å². The molecule has 1 N–H and O–H groups in total. The minimum absolute atomic E-state index is 0.131.